The zero-order chi connectivity index (χ0) is 13.1. The van der Waals surface area contributed by atoms with Gasteiger partial charge in [-0.05, 0) is 36.9 Å². The molecule has 1 aromatic carbocycles. The molecular formula is C14H20N2O2. The zero-order valence-electron chi connectivity index (χ0n) is 10.7. The van der Waals surface area contributed by atoms with Crippen LogP contribution in [0.5, 0.6) is 0 Å². The molecule has 1 aliphatic rings. The normalized spacial score (nSPS) is 15.0. The molecule has 18 heavy (non-hydrogen) atoms. The summed E-state index contributed by atoms with van der Waals surface area (Å²) in [5.74, 6) is -0.134. The number of nitrogen functional groups attached to an aromatic ring is 1. The first kappa shape index (κ1) is 12.9. The average molecular weight is 248 g/mol. The summed E-state index contributed by atoms with van der Waals surface area (Å²) in [6.07, 6.45) is 2.61. The van der Waals surface area contributed by atoms with Crippen LogP contribution in [-0.2, 0) is 6.54 Å². The first-order chi connectivity index (χ1) is 8.61. The van der Waals surface area contributed by atoms with Gasteiger partial charge in [0.1, 0.15) is 0 Å². The number of nitrogens with two attached hydrogens (primary N) is 1. The molecule has 0 unspecified atom stereocenters. The Kier molecular flexibility index (Phi) is 3.87. The second-order valence-corrected chi connectivity index (χ2v) is 4.96. The molecule has 0 amide bonds. The molecule has 2 rings (SSSR count). The summed E-state index contributed by atoms with van der Waals surface area (Å²) in [7, 11) is 0. The second-order valence-electron chi connectivity index (χ2n) is 4.96. The van der Waals surface area contributed by atoms with Gasteiger partial charge >= 0.3 is 5.97 Å². The number of nitrogens with zero attached hydrogens (tertiary/aromatic N) is 1. The highest BCUT2D eigenvalue weighted by Crippen LogP contribution is 2.30. The molecule has 4 nitrogen and oxygen atoms in total. The Morgan fingerprint density at radius 1 is 1.50 bits per heavy atom. The molecule has 1 fully saturated rings. The quantitative estimate of drug-likeness (QED) is 0.757. The lowest BCUT2D eigenvalue weighted by Gasteiger charge is -2.21. The molecule has 0 aromatic heterocycles. The van der Waals surface area contributed by atoms with Crippen LogP contribution in [0.15, 0.2) is 18.2 Å². The van der Waals surface area contributed by atoms with E-state index in [1.165, 1.54) is 12.8 Å². The monoisotopic (exact) mass is 248 g/mol. The number of anilines is 1. The van der Waals surface area contributed by atoms with Gasteiger partial charge in [-0.3, -0.25) is 4.90 Å². The van der Waals surface area contributed by atoms with Gasteiger partial charge in [-0.1, -0.05) is 19.1 Å². The Hall–Kier alpha value is -1.55. The number of hydrogen-bond acceptors (Lipinski definition) is 3. The van der Waals surface area contributed by atoms with E-state index in [4.69, 9.17) is 5.73 Å². The van der Waals surface area contributed by atoms with Gasteiger partial charge in [-0.15, -0.1) is 0 Å². The lowest BCUT2D eigenvalue weighted by molar-refractivity contribution is 0.0695. The first-order valence-corrected chi connectivity index (χ1v) is 6.44. The number of carboxylic acid groups (broad SMARTS) is 1. The molecule has 0 atom stereocenters. The van der Waals surface area contributed by atoms with Crippen LogP contribution < -0.4 is 5.73 Å². The summed E-state index contributed by atoms with van der Waals surface area (Å²) in [6, 6.07) is 5.32. The number of carbonyl (C=O) groups is 1. The Balaban J connectivity index is 2.15. The zero-order valence-corrected chi connectivity index (χ0v) is 10.7. The molecule has 0 saturated heterocycles. The van der Waals surface area contributed by atoms with Gasteiger partial charge in [0.2, 0.25) is 0 Å². The summed E-state index contributed by atoms with van der Waals surface area (Å²) < 4.78 is 0. The Morgan fingerprint density at radius 2 is 2.22 bits per heavy atom. The topological polar surface area (TPSA) is 66.6 Å². The van der Waals surface area contributed by atoms with E-state index in [0.29, 0.717) is 12.2 Å². The summed E-state index contributed by atoms with van der Waals surface area (Å²) in [4.78, 5) is 13.5. The largest absolute Gasteiger partial charge is 0.478 e. The van der Waals surface area contributed by atoms with Crippen LogP contribution in [0.25, 0.3) is 0 Å². The summed E-state index contributed by atoms with van der Waals surface area (Å²) >= 11 is 0. The highest BCUT2D eigenvalue weighted by Gasteiger charge is 2.24. The maximum Gasteiger partial charge on any atom is 0.338 e. The third-order valence-corrected chi connectivity index (χ3v) is 3.45. The third kappa shape index (κ3) is 3.01. The van der Waals surface area contributed by atoms with Crippen LogP contribution in [0.3, 0.4) is 0 Å². The highest BCUT2D eigenvalue weighted by atomic mass is 16.4. The lowest BCUT2D eigenvalue weighted by atomic mass is 10.0. The minimum Gasteiger partial charge on any atom is -0.478 e. The van der Waals surface area contributed by atoms with Crippen molar-refractivity contribution in [2.24, 2.45) is 5.92 Å². The molecule has 98 valence electrons. The van der Waals surface area contributed by atoms with Gasteiger partial charge < -0.3 is 10.8 Å². The smallest absolute Gasteiger partial charge is 0.338 e. The van der Waals surface area contributed by atoms with Crippen molar-refractivity contribution in [3.05, 3.63) is 29.3 Å². The molecule has 0 radical (unpaired) electrons. The van der Waals surface area contributed by atoms with Crippen LogP contribution in [0, 0.1) is 5.92 Å². The maximum atomic E-state index is 11.2. The molecule has 1 saturated carbocycles. The molecule has 3 N–H and O–H groups in total. The van der Waals surface area contributed by atoms with Crippen molar-refractivity contribution in [2.75, 3.05) is 18.8 Å². The molecule has 0 spiro atoms. The number of hydrogen-bond donors (Lipinski definition) is 2. The second kappa shape index (κ2) is 5.40. The SMILES string of the molecule is CCN(Cc1cccc(N)c1C(=O)O)CC1CC1. The number of aromatic carboxylic acids is 1. The van der Waals surface area contributed by atoms with E-state index in [0.717, 1.165) is 24.6 Å². The first-order valence-electron chi connectivity index (χ1n) is 6.44. The predicted molar refractivity (Wildman–Crippen MR) is 71.5 cm³/mol. The summed E-state index contributed by atoms with van der Waals surface area (Å²) in [5.41, 5.74) is 7.17. The Bertz CT molecular complexity index is 441. The van der Waals surface area contributed by atoms with Crippen molar-refractivity contribution in [1.29, 1.82) is 0 Å². The fraction of sp³-hybridized carbons (Fsp3) is 0.500. The van der Waals surface area contributed by atoms with Crippen molar-refractivity contribution in [2.45, 2.75) is 26.3 Å². The number of rotatable bonds is 6. The van der Waals surface area contributed by atoms with E-state index in [1.807, 2.05) is 12.1 Å². The van der Waals surface area contributed by atoms with Crippen molar-refractivity contribution >= 4 is 11.7 Å². The number of benzene rings is 1. The van der Waals surface area contributed by atoms with Gasteiger partial charge in [0.15, 0.2) is 0 Å². The minimum atomic E-state index is -0.939. The summed E-state index contributed by atoms with van der Waals surface area (Å²) in [5, 5.41) is 9.23. The molecule has 1 aromatic rings. The van der Waals surface area contributed by atoms with Crippen molar-refractivity contribution in [3.63, 3.8) is 0 Å². The van der Waals surface area contributed by atoms with Gasteiger partial charge in [-0.25, -0.2) is 4.79 Å². The average Bonchev–Trinajstić information content (AvgIpc) is 3.11. The van der Waals surface area contributed by atoms with E-state index in [9.17, 15) is 9.90 Å². The van der Waals surface area contributed by atoms with E-state index in [2.05, 4.69) is 11.8 Å². The van der Waals surface area contributed by atoms with Crippen LogP contribution in [0.4, 0.5) is 5.69 Å². The fourth-order valence-electron chi connectivity index (χ4n) is 2.22. The van der Waals surface area contributed by atoms with Crippen molar-refractivity contribution in [1.82, 2.24) is 4.90 Å². The Morgan fingerprint density at radius 3 is 2.78 bits per heavy atom. The van der Waals surface area contributed by atoms with Crippen molar-refractivity contribution in [3.8, 4) is 0 Å². The van der Waals surface area contributed by atoms with E-state index >= 15 is 0 Å². The van der Waals surface area contributed by atoms with Crippen LogP contribution in [-0.4, -0.2) is 29.1 Å². The fourth-order valence-corrected chi connectivity index (χ4v) is 2.22. The molecule has 1 aliphatic carbocycles. The summed E-state index contributed by atoms with van der Waals surface area (Å²) in [6.45, 7) is 4.77. The van der Waals surface area contributed by atoms with E-state index in [-0.39, 0.29) is 5.56 Å². The van der Waals surface area contributed by atoms with Gasteiger partial charge in [0.05, 0.1) is 5.56 Å². The van der Waals surface area contributed by atoms with E-state index in [1.54, 1.807) is 6.07 Å². The highest BCUT2D eigenvalue weighted by molar-refractivity contribution is 5.95. The molecule has 0 aliphatic heterocycles. The molecule has 0 heterocycles. The van der Waals surface area contributed by atoms with Crippen LogP contribution >= 0.6 is 0 Å². The van der Waals surface area contributed by atoms with E-state index < -0.39 is 5.97 Å². The molecular weight excluding hydrogens is 228 g/mol. The maximum absolute atomic E-state index is 11.2. The van der Waals surface area contributed by atoms with Crippen molar-refractivity contribution < 1.29 is 9.90 Å². The van der Waals surface area contributed by atoms with Crippen LogP contribution in [0.2, 0.25) is 0 Å². The van der Waals surface area contributed by atoms with Gasteiger partial charge in [-0.2, -0.15) is 0 Å². The minimum absolute atomic E-state index is 0.256. The standard InChI is InChI=1S/C14H20N2O2/c1-2-16(8-10-6-7-10)9-11-4-3-5-12(15)13(11)14(17)18/h3-5,10H,2,6-9,15H2,1H3,(H,17,18). The van der Waals surface area contributed by atoms with Gasteiger partial charge in [0.25, 0.3) is 0 Å². The van der Waals surface area contributed by atoms with Crippen LogP contribution in [0.1, 0.15) is 35.7 Å². The lowest BCUT2D eigenvalue weighted by Crippen LogP contribution is -2.26. The Labute approximate surface area is 107 Å². The third-order valence-electron chi connectivity index (χ3n) is 3.45. The predicted octanol–water partition coefficient (Wildman–Crippen LogP) is 2.20. The molecule has 4 heteroatoms. The number of carboxylic acids is 1. The van der Waals surface area contributed by atoms with Gasteiger partial charge in [0, 0.05) is 18.8 Å². The molecule has 0 bridgehead atoms.